The summed E-state index contributed by atoms with van der Waals surface area (Å²) in [5, 5.41) is 0. The first kappa shape index (κ1) is 8.73. The number of rotatable bonds is 2. The van der Waals surface area contributed by atoms with E-state index in [-0.39, 0.29) is 5.56 Å². The monoisotopic (exact) mass is 186 g/mol. The highest BCUT2D eigenvalue weighted by Crippen LogP contribution is 2.00. The average molecular weight is 186 g/mol. The van der Waals surface area contributed by atoms with E-state index in [1.165, 1.54) is 12.1 Å². The molecular formula is C7H6O4S. The smallest absolute Gasteiger partial charge is 0.343 e. The van der Waals surface area contributed by atoms with E-state index in [0.29, 0.717) is 0 Å². The summed E-state index contributed by atoms with van der Waals surface area (Å²) in [4.78, 5) is 10.8. The van der Waals surface area contributed by atoms with Gasteiger partial charge >= 0.3 is 17.0 Å². The van der Waals surface area contributed by atoms with E-state index in [9.17, 15) is 13.2 Å². The molecule has 0 atom stereocenters. The van der Waals surface area contributed by atoms with Gasteiger partial charge in [-0.05, 0) is 12.1 Å². The lowest BCUT2D eigenvalue weighted by atomic mass is 10.2. The molecule has 0 aromatic heterocycles. The van der Waals surface area contributed by atoms with Gasteiger partial charge in [-0.15, -0.1) is 0 Å². The van der Waals surface area contributed by atoms with E-state index in [0.717, 1.165) is 0 Å². The largest absolute Gasteiger partial charge is 0.353 e. The maximum Gasteiger partial charge on any atom is 0.353 e. The van der Waals surface area contributed by atoms with Crippen molar-refractivity contribution in [1.29, 1.82) is 0 Å². The van der Waals surface area contributed by atoms with Gasteiger partial charge in [0.05, 0.1) is 5.56 Å². The molecule has 12 heavy (non-hydrogen) atoms. The Morgan fingerprint density at radius 2 is 1.75 bits per heavy atom. The zero-order valence-electron chi connectivity index (χ0n) is 5.97. The molecule has 0 aliphatic rings. The molecule has 0 radical (unpaired) electrons. The quantitative estimate of drug-likeness (QED) is 0.678. The fourth-order valence-electron chi connectivity index (χ4n) is 0.695. The van der Waals surface area contributed by atoms with Crippen LogP contribution in [0.25, 0.3) is 0 Å². The molecule has 1 aromatic carbocycles. The van der Waals surface area contributed by atoms with Gasteiger partial charge in [-0.1, -0.05) is 18.2 Å². The van der Waals surface area contributed by atoms with Gasteiger partial charge in [0.25, 0.3) is 0 Å². The standard InChI is InChI=1S/C7H6O4S/c8-7(11-12(9)10)6-4-2-1-3-5-6/h1-5,12H. The Hall–Kier alpha value is -1.36. The van der Waals surface area contributed by atoms with Gasteiger partial charge < -0.3 is 4.18 Å². The minimum atomic E-state index is -3.11. The maximum absolute atomic E-state index is 10.8. The van der Waals surface area contributed by atoms with Gasteiger partial charge in [0.15, 0.2) is 0 Å². The number of carbonyl (C=O) groups is 1. The lowest BCUT2D eigenvalue weighted by molar-refractivity contribution is 0.0754. The van der Waals surface area contributed by atoms with Gasteiger partial charge in [-0.25, -0.2) is 4.79 Å². The van der Waals surface area contributed by atoms with Crippen molar-refractivity contribution >= 4 is 17.0 Å². The molecule has 0 aliphatic carbocycles. The SMILES string of the molecule is O=C(O[SH](=O)=O)c1ccccc1. The van der Waals surface area contributed by atoms with Crippen molar-refractivity contribution < 1.29 is 17.4 Å². The summed E-state index contributed by atoms with van der Waals surface area (Å²) in [5.41, 5.74) is 0.219. The number of carbonyl (C=O) groups excluding carboxylic acids is 1. The van der Waals surface area contributed by atoms with Crippen LogP contribution < -0.4 is 0 Å². The van der Waals surface area contributed by atoms with Crippen LogP contribution in [0.1, 0.15) is 10.4 Å². The molecule has 0 aliphatic heterocycles. The van der Waals surface area contributed by atoms with Crippen molar-refractivity contribution in [3.8, 4) is 0 Å². The van der Waals surface area contributed by atoms with E-state index in [1.54, 1.807) is 18.2 Å². The highest BCUT2D eigenvalue weighted by molar-refractivity contribution is 7.67. The normalized spacial score (nSPS) is 9.75. The molecule has 0 N–H and O–H groups in total. The molecule has 64 valence electrons. The first-order valence-electron chi connectivity index (χ1n) is 3.12. The highest BCUT2D eigenvalue weighted by Gasteiger charge is 2.05. The van der Waals surface area contributed by atoms with Crippen molar-refractivity contribution in [2.45, 2.75) is 0 Å². The molecule has 0 heterocycles. The third kappa shape index (κ3) is 2.35. The second kappa shape index (κ2) is 3.87. The molecule has 0 saturated carbocycles. The van der Waals surface area contributed by atoms with Crippen LogP contribution in [-0.2, 0) is 15.2 Å². The minimum Gasteiger partial charge on any atom is -0.343 e. The van der Waals surface area contributed by atoms with Crippen LogP contribution in [0.15, 0.2) is 30.3 Å². The van der Waals surface area contributed by atoms with Crippen molar-refractivity contribution in [1.82, 2.24) is 0 Å². The summed E-state index contributed by atoms with van der Waals surface area (Å²) in [5.74, 6) is -0.855. The summed E-state index contributed by atoms with van der Waals surface area (Å²) in [6.45, 7) is 0. The Labute approximate surface area is 70.9 Å². The van der Waals surface area contributed by atoms with E-state index in [1.807, 2.05) is 0 Å². The van der Waals surface area contributed by atoms with Gasteiger partial charge in [0.2, 0.25) is 0 Å². The Kier molecular flexibility index (Phi) is 2.82. The third-order valence-corrected chi connectivity index (χ3v) is 1.48. The van der Waals surface area contributed by atoms with Crippen LogP contribution >= 0.6 is 0 Å². The van der Waals surface area contributed by atoms with E-state index < -0.39 is 17.0 Å². The first-order valence-corrected chi connectivity index (χ1v) is 4.21. The lowest BCUT2D eigenvalue weighted by Crippen LogP contribution is -2.02. The second-order valence-corrected chi connectivity index (χ2v) is 2.60. The summed E-state index contributed by atoms with van der Waals surface area (Å²) < 4.78 is 23.9. The molecule has 4 nitrogen and oxygen atoms in total. The number of thiol groups is 1. The van der Waals surface area contributed by atoms with E-state index in [2.05, 4.69) is 4.18 Å². The van der Waals surface area contributed by atoms with Gasteiger partial charge in [0.1, 0.15) is 0 Å². The van der Waals surface area contributed by atoms with Crippen molar-refractivity contribution in [3.63, 3.8) is 0 Å². The second-order valence-electron chi connectivity index (χ2n) is 1.97. The van der Waals surface area contributed by atoms with Crippen LogP contribution in [-0.4, -0.2) is 14.4 Å². The molecule has 0 saturated heterocycles. The van der Waals surface area contributed by atoms with Crippen LogP contribution in [0.2, 0.25) is 0 Å². The molecule has 0 bridgehead atoms. The Morgan fingerprint density at radius 3 is 2.25 bits per heavy atom. The molecule has 1 aromatic rings. The third-order valence-electron chi connectivity index (χ3n) is 1.17. The number of benzene rings is 1. The van der Waals surface area contributed by atoms with E-state index >= 15 is 0 Å². The zero-order chi connectivity index (χ0) is 8.97. The van der Waals surface area contributed by atoms with Crippen molar-refractivity contribution in [3.05, 3.63) is 35.9 Å². The Morgan fingerprint density at radius 1 is 1.17 bits per heavy atom. The van der Waals surface area contributed by atoms with Crippen molar-refractivity contribution in [2.24, 2.45) is 0 Å². The minimum absolute atomic E-state index is 0.219. The summed E-state index contributed by atoms with van der Waals surface area (Å²) in [6.07, 6.45) is 0. The molecule has 0 amide bonds. The number of hydrogen-bond acceptors (Lipinski definition) is 4. The zero-order valence-corrected chi connectivity index (χ0v) is 6.86. The predicted octanol–water partition coefficient (Wildman–Crippen LogP) is 0.370. The van der Waals surface area contributed by atoms with Crippen LogP contribution in [0.3, 0.4) is 0 Å². The Balaban J connectivity index is 2.79. The lowest BCUT2D eigenvalue weighted by Gasteiger charge is -1.94. The van der Waals surface area contributed by atoms with E-state index in [4.69, 9.17) is 0 Å². The first-order chi connectivity index (χ1) is 5.70. The number of hydrogen-bond donors (Lipinski definition) is 1. The van der Waals surface area contributed by atoms with Crippen LogP contribution in [0.4, 0.5) is 0 Å². The van der Waals surface area contributed by atoms with Gasteiger partial charge in [-0.2, -0.15) is 8.42 Å². The van der Waals surface area contributed by atoms with Crippen LogP contribution in [0.5, 0.6) is 0 Å². The van der Waals surface area contributed by atoms with Crippen LogP contribution in [0, 0.1) is 0 Å². The fourth-order valence-corrected chi connectivity index (χ4v) is 0.935. The topological polar surface area (TPSA) is 60.4 Å². The summed E-state index contributed by atoms with van der Waals surface area (Å²) >= 11 is 0. The fraction of sp³-hybridized carbons (Fsp3) is 0. The molecule has 0 unspecified atom stereocenters. The summed E-state index contributed by atoms with van der Waals surface area (Å²) in [6, 6.07) is 7.90. The molecule has 0 fully saturated rings. The van der Waals surface area contributed by atoms with Gasteiger partial charge in [-0.3, -0.25) is 0 Å². The molecule has 1 rings (SSSR count). The molecule has 0 spiro atoms. The van der Waals surface area contributed by atoms with Crippen molar-refractivity contribution in [2.75, 3.05) is 0 Å². The Bertz CT molecular complexity index is 334. The average Bonchev–Trinajstić information content (AvgIpc) is 2.05. The highest BCUT2D eigenvalue weighted by atomic mass is 32.2. The van der Waals surface area contributed by atoms with Gasteiger partial charge in [0, 0.05) is 0 Å². The molecular weight excluding hydrogens is 180 g/mol. The predicted molar refractivity (Wildman–Crippen MR) is 42.2 cm³/mol. The molecule has 5 heteroatoms. The summed E-state index contributed by atoms with van der Waals surface area (Å²) in [7, 11) is -3.11. The maximum atomic E-state index is 10.8.